The molecule has 1 heterocycles. The standard InChI is InChI=1S/C11H10F3N3O2/c1-17-9(18)7-3-2-6(15-5-11(12,13)14)4-8(7)16-10(17)19/h2-4,15H,5H2,1H3,(H,16,19). The van der Waals surface area contributed by atoms with E-state index in [4.69, 9.17) is 0 Å². The molecule has 0 unspecified atom stereocenters. The first-order valence-corrected chi connectivity index (χ1v) is 5.31. The molecule has 19 heavy (non-hydrogen) atoms. The highest BCUT2D eigenvalue weighted by atomic mass is 19.4. The quantitative estimate of drug-likeness (QED) is 0.864. The SMILES string of the molecule is Cn1c(=O)[nH]c2cc(NCC(F)(F)F)ccc2c1=O. The van der Waals surface area contributed by atoms with Crippen molar-refractivity contribution in [3.8, 4) is 0 Å². The molecule has 0 aliphatic heterocycles. The predicted octanol–water partition coefficient (Wildman–Crippen LogP) is 1.20. The number of nitrogens with one attached hydrogen (secondary N) is 2. The number of aromatic nitrogens is 2. The number of fused-ring (bicyclic) bond motifs is 1. The molecule has 2 N–H and O–H groups in total. The minimum Gasteiger partial charge on any atom is -0.376 e. The van der Waals surface area contributed by atoms with Crippen LogP contribution in [0.5, 0.6) is 0 Å². The van der Waals surface area contributed by atoms with E-state index in [9.17, 15) is 22.8 Å². The van der Waals surface area contributed by atoms with Gasteiger partial charge in [-0.05, 0) is 18.2 Å². The molecule has 0 aliphatic rings. The summed E-state index contributed by atoms with van der Waals surface area (Å²) in [7, 11) is 1.32. The van der Waals surface area contributed by atoms with Crippen LogP contribution in [-0.4, -0.2) is 22.3 Å². The monoisotopic (exact) mass is 273 g/mol. The van der Waals surface area contributed by atoms with Crippen molar-refractivity contribution in [2.75, 3.05) is 11.9 Å². The largest absolute Gasteiger partial charge is 0.405 e. The van der Waals surface area contributed by atoms with Gasteiger partial charge in [-0.1, -0.05) is 0 Å². The number of rotatable bonds is 2. The Morgan fingerprint density at radius 2 is 2.00 bits per heavy atom. The van der Waals surface area contributed by atoms with Crippen LogP contribution in [0.15, 0.2) is 27.8 Å². The Kier molecular flexibility index (Phi) is 3.09. The second kappa shape index (κ2) is 4.45. The topological polar surface area (TPSA) is 66.9 Å². The molecule has 0 atom stereocenters. The summed E-state index contributed by atoms with van der Waals surface area (Å²) in [5.41, 5.74) is -0.749. The highest BCUT2D eigenvalue weighted by molar-refractivity contribution is 5.81. The van der Waals surface area contributed by atoms with E-state index in [2.05, 4.69) is 10.3 Å². The van der Waals surface area contributed by atoms with Crippen LogP contribution in [0.25, 0.3) is 10.9 Å². The van der Waals surface area contributed by atoms with Gasteiger partial charge in [-0.2, -0.15) is 13.2 Å². The molecule has 1 aromatic heterocycles. The third-order valence-corrected chi connectivity index (χ3v) is 2.59. The second-order valence-corrected chi connectivity index (χ2v) is 4.02. The van der Waals surface area contributed by atoms with Crippen molar-refractivity contribution in [2.24, 2.45) is 7.05 Å². The fourth-order valence-corrected chi connectivity index (χ4v) is 1.62. The number of nitrogens with zero attached hydrogens (tertiary/aromatic N) is 1. The smallest absolute Gasteiger partial charge is 0.376 e. The third-order valence-electron chi connectivity index (χ3n) is 2.59. The van der Waals surface area contributed by atoms with Crippen molar-refractivity contribution in [1.82, 2.24) is 9.55 Å². The molecule has 8 heteroatoms. The lowest BCUT2D eigenvalue weighted by molar-refractivity contribution is -0.115. The maximum absolute atomic E-state index is 12.1. The number of benzene rings is 1. The minimum absolute atomic E-state index is 0.175. The molecular weight excluding hydrogens is 263 g/mol. The number of H-pyrrole nitrogens is 1. The molecule has 0 spiro atoms. The molecule has 0 bridgehead atoms. The Bertz CT molecular complexity index is 731. The van der Waals surface area contributed by atoms with Gasteiger partial charge in [-0.15, -0.1) is 0 Å². The normalized spacial score (nSPS) is 11.8. The first kappa shape index (κ1) is 13.2. The van der Waals surface area contributed by atoms with Gasteiger partial charge in [0, 0.05) is 12.7 Å². The lowest BCUT2D eigenvalue weighted by Crippen LogP contribution is -2.32. The number of halogens is 3. The fourth-order valence-electron chi connectivity index (χ4n) is 1.62. The van der Waals surface area contributed by atoms with Gasteiger partial charge in [0.05, 0.1) is 10.9 Å². The molecule has 1 aromatic carbocycles. The van der Waals surface area contributed by atoms with Crippen LogP contribution in [0.4, 0.5) is 18.9 Å². The second-order valence-electron chi connectivity index (χ2n) is 4.02. The lowest BCUT2D eigenvalue weighted by Gasteiger charge is -2.10. The summed E-state index contributed by atoms with van der Waals surface area (Å²) < 4.78 is 37.1. The molecule has 5 nitrogen and oxygen atoms in total. The summed E-state index contributed by atoms with van der Waals surface area (Å²) in [6.07, 6.45) is -4.34. The van der Waals surface area contributed by atoms with Crippen molar-refractivity contribution in [2.45, 2.75) is 6.18 Å². The van der Waals surface area contributed by atoms with Crippen molar-refractivity contribution < 1.29 is 13.2 Å². The Morgan fingerprint density at radius 3 is 2.63 bits per heavy atom. The number of hydrogen-bond donors (Lipinski definition) is 2. The van der Waals surface area contributed by atoms with Gasteiger partial charge in [0.2, 0.25) is 0 Å². The molecule has 102 valence electrons. The first-order valence-electron chi connectivity index (χ1n) is 5.31. The molecule has 0 aliphatic carbocycles. The molecule has 0 saturated carbocycles. The van der Waals surface area contributed by atoms with Gasteiger partial charge >= 0.3 is 11.9 Å². The summed E-state index contributed by atoms with van der Waals surface area (Å²) in [4.78, 5) is 25.5. The molecule has 2 rings (SSSR count). The summed E-state index contributed by atoms with van der Waals surface area (Å²) in [6, 6.07) is 4.02. The van der Waals surface area contributed by atoms with Crippen molar-refractivity contribution in [1.29, 1.82) is 0 Å². The lowest BCUT2D eigenvalue weighted by atomic mass is 10.2. The van der Waals surface area contributed by atoms with E-state index in [0.29, 0.717) is 0 Å². The van der Waals surface area contributed by atoms with Gasteiger partial charge in [0.15, 0.2) is 0 Å². The van der Waals surface area contributed by atoms with E-state index >= 15 is 0 Å². The van der Waals surface area contributed by atoms with E-state index in [-0.39, 0.29) is 16.6 Å². The van der Waals surface area contributed by atoms with E-state index in [0.717, 1.165) is 4.57 Å². The fraction of sp³-hybridized carbons (Fsp3) is 0.273. The maximum atomic E-state index is 12.1. The minimum atomic E-state index is -4.34. The first-order chi connectivity index (χ1) is 8.78. The number of anilines is 1. The number of hydrogen-bond acceptors (Lipinski definition) is 3. The van der Waals surface area contributed by atoms with Crippen molar-refractivity contribution >= 4 is 16.6 Å². The van der Waals surface area contributed by atoms with Crippen LogP contribution in [0, 0.1) is 0 Å². The van der Waals surface area contributed by atoms with Gasteiger partial charge in [-0.25, -0.2) is 4.79 Å². The van der Waals surface area contributed by atoms with Crippen molar-refractivity contribution in [3.63, 3.8) is 0 Å². The van der Waals surface area contributed by atoms with Gasteiger partial charge in [-0.3, -0.25) is 9.36 Å². The summed E-state index contributed by atoms with van der Waals surface area (Å²) >= 11 is 0. The molecular formula is C11H10F3N3O2. The summed E-state index contributed by atoms with van der Waals surface area (Å²) in [5.74, 6) is 0. The summed E-state index contributed by atoms with van der Waals surface area (Å²) in [5, 5.41) is 2.41. The highest BCUT2D eigenvalue weighted by Gasteiger charge is 2.26. The van der Waals surface area contributed by atoms with E-state index < -0.39 is 24.0 Å². The van der Waals surface area contributed by atoms with Gasteiger partial charge in [0.1, 0.15) is 6.54 Å². The zero-order valence-electron chi connectivity index (χ0n) is 9.84. The zero-order chi connectivity index (χ0) is 14.2. The zero-order valence-corrected chi connectivity index (χ0v) is 9.84. The van der Waals surface area contributed by atoms with Crippen LogP contribution in [0.3, 0.4) is 0 Å². The van der Waals surface area contributed by atoms with Gasteiger partial charge in [0.25, 0.3) is 5.56 Å². The van der Waals surface area contributed by atoms with E-state index in [1.54, 1.807) is 0 Å². The Balaban J connectivity index is 2.44. The molecule has 0 saturated heterocycles. The van der Waals surface area contributed by atoms with E-state index in [1.165, 1.54) is 25.2 Å². The van der Waals surface area contributed by atoms with Crippen LogP contribution in [-0.2, 0) is 7.05 Å². The van der Waals surface area contributed by atoms with Crippen LogP contribution >= 0.6 is 0 Å². The van der Waals surface area contributed by atoms with Crippen molar-refractivity contribution in [3.05, 3.63) is 39.0 Å². The average molecular weight is 273 g/mol. The molecule has 2 aromatic rings. The molecule has 0 fully saturated rings. The van der Waals surface area contributed by atoms with Crippen LogP contribution in [0.2, 0.25) is 0 Å². The third kappa shape index (κ3) is 2.78. The van der Waals surface area contributed by atoms with Crippen LogP contribution < -0.4 is 16.6 Å². The average Bonchev–Trinajstić information content (AvgIpc) is 2.32. The number of alkyl halides is 3. The molecule has 0 radical (unpaired) electrons. The van der Waals surface area contributed by atoms with Crippen LogP contribution in [0.1, 0.15) is 0 Å². The highest BCUT2D eigenvalue weighted by Crippen LogP contribution is 2.18. The Labute approximate surface area is 104 Å². The number of aromatic amines is 1. The van der Waals surface area contributed by atoms with Gasteiger partial charge < -0.3 is 10.3 Å². The maximum Gasteiger partial charge on any atom is 0.405 e. The molecule has 0 amide bonds. The Hall–Kier alpha value is -2.25. The van der Waals surface area contributed by atoms with E-state index in [1.807, 2.05) is 0 Å². The summed E-state index contributed by atoms with van der Waals surface area (Å²) in [6.45, 7) is -1.19. The Morgan fingerprint density at radius 1 is 1.32 bits per heavy atom. The predicted molar refractivity (Wildman–Crippen MR) is 64.4 cm³/mol.